The topological polar surface area (TPSA) is 16.4 Å². The second kappa shape index (κ2) is 10.4. The van der Waals surface area contributed by atoms with E-state index in [9.17, 15) is 0 Å². The monoisotopic (exact) mass is 627 g/mol. The van der Waals surface area contributed by atoms with Crippen molar-refractivity contribution in [2.75, 3.05) is 4.90 Å². The average Bonchev–Trinajstić information content (AvgIpc) is 3.64. The molecule has 0 bridgehead atoms. The highest BCUT2D eigenvalue weighted by Crippen LogP contribution is 2.54. The first-order valence-electron chi connectivity index (χ1n) is 17.0. The molecule has 49 heavy (non-hydrogen) atoms. The smallest absolute Gasteiger partial charge is 0.143 e. The Morgan fingerprint density at radius 3 is 2.02 bits per heavy atom. The lowest BCUT2D eigenvalue weighted by molar-refractivity contribution is 0.660. The van der Waals surface area contributed by atoms with Crippen LogP contribution in [-0.4, -0.2) is 0 Å². The molecule has 0 N–H and O–H groups in total. The van der Waals surface area contributed by atoms with Gasteiger partial charge in [0.15, 0.2) is 0 Å². The molecule has 9 aromatic rings. The van der Waals surface area contributed by atoms with Crippen molar-refractivity contribution in [1.29, 1.82) is 0 Å². The van der Waals surface area contributed by atoms with Crippen LogP contribution < -0.4 is 4.90 Å². The molecule has 0 radical (unpaired) electrons. The fraction of sp³-hybridized carbons (Fsp3) is 0.0638. The number of anilines is 3. The standard InChI is InChI=1S/C47H33NO/c1-47(2)41-21-8-7-19-40(41)45-42(47)22-11-23-43(45)48(33-16-9-15-32(28-33)36-20-10-14-30-12-3-5-17-35(30)36)34-25-27-38-39-26-24-31-13-4-6-18-37(31)46(39)49-44(38)29-34/h3-29H,1-2H3. The van der Waals surface area contributed by atoms with Gasteiger partial charge in [0, 0.05) is 44.6 Å². The third-order valence-electron chi connectivity index (χ3n) is 10.6. The number of benzene rings is 8. The summed E-state index contributed by atoms with van der Waals surface area (Å²) in [5.41, 5.74) is 12.7. The highest BCUT2D eigenvalue weighted by atomic mass is 16.3. The fourth-order valence-electron chi connectivity index (χ4n) is 8.27. The molecule has 0 aliphatic heterocycles. The molecule has 0 fully saturated rings. The molecule has 0 saturated heterocycles. The largest absolute Gasteiger partial charge is 0.455 e. The molecule has 2 nitrogen and oxygen atoms in total. The molecule has 0 unspecified atom stereocenters. The van der Waals surface area contributed by atoms with Crippen molar-refractivity contribution in [1.82, 2.24) is 0 Å². The number of hydrogen-bond acceptors (Lipinski definition) is 2. The van der Waals surface area contributed by atoms with E-state index in [-0.39, 0.29) is 5.41 Å². The Bertz CT molecular complexity index is 2760. The molecule has 1 aliphatic rings. The highest BCUT2D eigenvalue weighted by molar-refractivity contribution is 6.15. The molecule has 10 rings (SSSR count). The van der Waals surface area contributed by atoms with Crippen LogP contribution in [0.15, 0.2) is 168 Å². The Morgan fingerprint density at radius 1 is 0.469 bits per heavy atom. The summed E-state index contributed by atoms with van der Waals surface area (Å²) in [5.74, 6) is 0. The van der Waals surface area contributed by atoms with Crippen LogP contribution in [0.5, 0.6) is 0 Å². The summed E-state index contributed by atoms with van der Waals surface area (Å²) in [6.45, 7) is 4.69. The maximum absolute atomic E-state index is 6.72. The third kappa shape index (κ3) is 4.14. The highest BCUT2D eigenvalue weighted by Gasteiger charge is 2.37. The molecule has 0 spiro atoms. The number of hydrogen-bond donors (Lipinski definition) is 0. The maximum atomic E-state index is 6.72. The van der Waals surface area contributed by atoms with Gasteiger partial charge >= 0.3 is 0 Å². The van der Waals surface area contributed by atoms with Crippen LogP contribution in [0.3, 0.4) is 0 Å². The van der Waals surface area contributed by atoms with E-state index in [4.69, 9.17) is 4.42 Å². The lowest BCUT2D eigenvalue weighted by atomic mass is 9.82. The SMILES string of the molecule is CC1(C)c2ccccc2-c2c(N(c3cccc(-c4cccc5ccccc45)c3)c3ccc4c(c3)oc3c5ccccc5ccc43)cccc21. The van der Waals surface area contributed by atoms with Crippen molar-refractivity contribution < 1.29 is 4.42 Å². The fourth-order valence-corrected chi connectivity index (χ4v) is 8.27. The van der Waals surface area contributed by atoms with Gasteiger partial charge < -0.3 is 9.32 Å². The molecular formula is C47H33NO. The third-order valence-corrected chi connectivity index (χ3v) is 10.6. The summed E-state index contributed by atoms with van der Waals surface area (Å²) in [7, 11) is 0. The van der Waals surface area contributed by atoms with Crippen molar-refractivity contribution in [3.8, 4) is 22.3 Å². The van der Waals surface area contributed by atoms with Gasteiger partial charge in [-0.2, -0.15) is 0 Å². The predicted molar refractivity (Wildman–Crippen MR) is 206 cm³/mol. The summed E-state index contributed by atoms with van der Waals surface area (Å²) in [4.78, 5) is 2.43. The van der Waals surface area contributed by atoms with Gasteiger partial charge in [-0.15, -0.1) is 0 Å². The van der Waals surface area contributed by atoms with E-state index in [0.717, 1.165) is 44.4 Å². The zero-order valence-corrected chi connectivity index (χ0v) is 27.4. The summed E-state index contributed by atoms with van der Waals surface area (Å²) >= 11 is 0. The van der Waals surface area contributed by atoms with Crippen LogP contribution in [0.4, 0.5) is 17.1 Å². The summed E-state index contributed by atoms with van der Waals surface area (Å²) in [6, 6.07) is 59.4. The number of rotatable bonds is 4. The Kier molecular flexibility index (Phi) is 5.95. The zero-order chi connectivity index (χ0) is 32.7. The van der Waals surface area contributed by atoms with E-state index < -0.39 is 0 Å². The second-order valence-corrected chi connectivity index (χ2v) is 13.7. The van der Waals surface area contributed by atoms with Crippen LogP contribution in [0, 0.1) is 0 Å². The number of nitrogens with zero attached hydrogens (tertiary/aromatic N) is 1. The summed E-state index contributed by atoms with van der Waals surface area (Å²) < 4.78 is 6.72. The molecule has 0 atom stereocenters. The van der Waals surface area contributed by atoms with Crippen LogP contribution >= 0.6 is 0 Å². The Labute approximate surface area is 285 Å². The average molecular weight is 628 g/mol. The van der Waals surface area contributed by atoms with Crippen LogP contribution in [0.25, 0.3) is 65.7 Å². The summed E-state index contributed by atoms with van der Waals surface area (Å²) in [6.07, 6.45) is 0. The Balaban J connectivity index is 1.23. The molecule has 2 heteroatoms. The van der Waals surface area contributed by atoms with Crippen molar-refractivity contribution in [2.45, 2.75) is 19.3 Å². The van der Waals surface area contributed by atoms with E-state index in [1.807, 2.05) is 0 Å². The number of furan rings is 1. The Hall–Kier alpha value is -6.12. The van der Waals surface area contributed by atoms with Crippen molar-refractivity contribution in [3.63, 3.8) is 0 Å². The minimum absolute atomic E-state index is 0.109. The van der Waals surface area contributed by atoms with Gasteiger partial charge in [-0.1, -0.05) is 135 Å². The molecule has 232 valence electrons. The normalized spacial score (nSPS) is 13.3. The van der Waals surface area contributed by atoms with Gasteiger partial charge in [0.2, 0.25) is 0 Å². The van der Waals surface area contributed by atoms with Crippen molar-refractivity contribution in [2.24, 2.45) is 0 Å². The quantitative estimate of drug-likeness (QED) is 0.193. The first kappa shape index (κ1) is 27.9. The summed E-state index contributed by atoms with van der Waals surface area (Å²) in [5, 5.41) is 7.07. The van der Waals surface area contributed by atoms with Gasteiger partial charge in [-0.05, 0) is 80.4 Å². The predicted octanol–water partition coefficient (Wildman–Crippen LogP) is 13.3. The molecule has 1 aliphatic carbocycles. The Morgan fingerprint density at radius 2 is 1.12 bits per heavy atom. The first-order valence-corrected chi connectivity index (χ1v) is 17.0. The lowest BCUT2D eigenvalue weighted by Crippen LogP contribution is -2.16. The van der Waals surface area contributed by atoms with Gasteiger partial charge in [-0.25, -0.2) is 0 Å². The zero-order valence-electron chi connectivity index (χ0n) is 27.4. The van der Waals surface area contributed by atoms with E-state index >= 15 is 0 Å². The van der Waals surface area contributed by atoms with Crippen LogP contribution in [0.1, 0.15) is 25.0 Å². The maximum Gasteiger partial charge on any atom is 0.143 e. The second-order valence-electron chi connectivity index (χ2n) is 13.7. The number of fused-ring (bicyclic) bond motifs is 9. The lowest BCUT2D eigenvalue weighted by Gasteiger charge is -2.29. The van der Waals surface area contributed by atoms with Gasteiger partial charge in [0.05, 0.1) is 5.69 Å². The van der Waals surface area contributed by atoms with Gasteiger partial charge in [0.25, 0.3) is 0 Å². The first-order chi connectivity index (χ1) is 24.1. The molecule has 0 amide bonds. The molecule has 8 aromatic carbocycles. The van der Waals surface area contributed by atoms with Crippen molar-refractivity contribution in [3.05, 3.63) is 175 Å². The minimum Gasteiger partial charge on any atom is -0.455 e. The molecule has 0 saturated carbocycles. The molecule has 1 heterocycles. The van der Waals surface area contributed by atoms with E-state index in [1.165, 1.54) is 49.5 Å². The molecular weight excluding hydrogens is 595 g/mol. The minimum atomic E-state index is -0.109. The van der Waals surface area contributed by atoms with E-state index in [1.54, 1.807) is 0 Å². The van der Waals surface area contributed by atoms with Gasteiger partial charge in [0.1, 0.15) is 11.2 Å². The van der Waals surface area contributed by atoms with Crippen LogP contribution in [-0.2, 0) is 5.41 Å². The van der Waals surface area contributed by atoms with Crippen LogP contribution in [0.2, 0.25) is 0 Å². The molecule has 1 aromatic heterocycles. The van der Waals surface area contributed by atoms with E-state index in [2.05, 4.69) is 183 Å². The van der Waals surface area contributed by atoms with Gasteiger partial charge in [-0.3, -0.25) is 0 Å². The van der Waals surface area contributed by atoms with Crippen molar-refractivity contribution >= 4 is 60.5 Å². The van der Waals surface area contributed by atoms with E-state index in [0.29, 0.717) is 0 Å².